The van der Waals surface area contributed by atoms with E-state index in [9.17, 15) is 0 Å². The average molecular weight is 335 g/mol. The summed E-state index contributed by atoms with van der Waals surface area (Å²) in [6, 6.07) is 6.95. The number of nitriles is 1. The predicted molar refractivity (Wildman–Crippen MR) is 77.1 cm³/mol. The molecule has 1 aromatic carbocycles. The number of rotatable bonds is 4. The van der Waals surface area contributed by atoms with Gasteiger partial charge in [-0.2, -0.15) is 5.26 Å². The maximum absolute atomic E-state index is 8.87. The van der Waals surface area contributed by atoms with Crippen LogP contribution in [-0.4, -0.2) is 24.1 Å². The molecule has 0 aliphatic carbocycles. The van der Waals surface area contributed by atoms with Crippen molar-refractivity contribution in [2.45, 2.75) is 0 Å². The van der Waals surface area contributed by atoms with Gasteiger partial charge in [0.15, 0.2) is 11.5 Å². The first kappa shape index (κ1) is 14.1. The van der Waals surface area contributed by atoms with Crippen molar-refractivity contribution in [3.63, 3.8) is 0 Å². The number of ether oxygens (including phenoxy) is 2. The highest BCUT2D eigenvalue weighted by atomic mass is 79.9. The molecule has 0 saturated carbocycles. The molecule has 102 valence electrons. The Bertz CT molecular complexity index is 670. The minimum absolute atomic E-state index is 0.354. The Labute approximate surface area is 124 Å². The Hall–Kier alpha value is -2.33. The Morgan fingerprint density at radius 2 is 2.10 bits per heavy atom. The molecule has 0 aliphatic heterocycles. The minimum Gasteiger partial charge on any atom is -0.493 e. The van der Waals surface area contributed by atoms with E-state index in [0.717, 1.165) is 0 Å². The lowest BCUT2D eigenvalue weighted by atomic mass is 10.2. The summed E-state index contributed by atoms with van der Waals surface area (Å²) in [5, 5.41) is 11.8. The summed E-state index contributed by atoms with van der Waals surface area (Å²) in [5.74, 6) is 1.89. The van der Waals surface area contributed by atoms with Crippen molar-refractivity contribution < 1.29 is 9.47 Å². The summed E-state index contributed by atoms with van der Waals surface area (Å²) >= 11 is 3.37. The van der Waals surface area contributed by atoms with Crippen LogP contribution in [0.15, 0.2) is 29.0 Å². The van der Waals surface area contributed by atoms with Crippen LogP contribution in [0.4, 0.5) is 5.82 Å². The maximum Gasteiger partial charge on any atom is 0.239 e. The quantitative estimate of drug-likeness (QED) is 0.925. The van der Waals surface area contributed by atoms with Crippen LogP contribution < -0.4 is 14.8 Å². The summed E-state index contributed by atoms with van der Waals surface area (Å²) in [5.41, 5.74) is 0.492. The van der Waals surface area contributed by atoms with Gasteiger partial charge in [0.2, 0.25) is 5.88 Å². The number of nitrogens with one attached hydrogen (secondary N) is 1. The van der Waals surface area contributed by atoms with Crippen LogP contribution in [0, 0.1) is 11.3 Å². The van der Waals surface area contributed by atoms with Crippen LogP contribution in [0.3, 0.4) is 0 Å². The third-order valence-corrected chi connectivity index (χ3v) is 3.21. The van der Waals surface area contributed by atoms with Gasteiger partial charge in [-0.25, -0.2) is 9.97 Å². The summed E-state index contributed by atoms with van der Waals surface area (Å²) in [4.78, 5) is 8.10. The van der Waals surface area contributed by atoms with Gasteiger partial charge in [-0.1, -0.05) is 0 Å². The molecule has 2 rings (SSSR count). The van der Waals surface area contributed by atoms with Gasteiger partial charge in [-0.05, 0) is 28.1 Å². The van der Waals surface area contributed by atoms with Crippen LogP contribution in [0.25, 0.3) is 0 Å². The van der Waals surface area contributed by atoms with Gasteiger partial charge in [0.05, 0.1) is 18.7 Å². The molecule has 1 aromatic heterocycles. The normalized spacial score (nSPS) is 9.70. The SMILES string of the molecule is CNc1ncnc(Oc2ccc(C#N)cc2OC)c1Br. The fraction of sp³-hybridized carbons (Fsp3) is 0.154. The monoisotopic (exact) mass is 334 g/mol. The van der Waals surface area contributed by atoms with Crippen molar-refractivity contribution in [1.29, 1.82) is 5.26 Å². The van der Waals surface area contributed by atoms with Gasteiger partial charge in [-0.3, -0.25) is 0 Å². The van der Waals surface area contributed by atoms with Gasteiger partial charge in [0, 0.05) is 13.1 Å². The topological polar surface area (TPSA) is 80.1 Å². The van der Waals surface area contributed by atoms with Crippen molar-refractivity contribution >= 4 is 21.7 Å². The lowest BCUT2D eigenvalue weighted by Gasteiger charge is -2.11. The second kappa shape index (κ2) is 6.21. The molecule has 0 saturated heterocycles. The van der Waals surface area contributed by atoms with E-state index in [2.05, 4.69) is 31.2 Å². The largest absolute Gasteiger partial charge is 0.493 e. The number of benzene rings is 1. The predicted octanol–water partition coefficient (Wildman–Crippen LogP) is 2.95. The zero-order chi connectivity index (χ0) is 14.5. The molecule has 7 heteroatoms. The highest BCUT2D eigenvalue weighted by Crippen LogP contribution is 2.36. The van der Waals surface area contributed by atoms with E-state index in [-0.39, 0.29) is 0 Å². The molecule has 0 radical (unpaired) electrons. The van der Waals surface area contributed by atoms with Crippen LogP contribution in [0.2, 0.25) is 0 Å². The molecule has 0 aliphatic rings. The first-order valence-corrected chi connectivity index (χ1v) is 6.43. The lowest BCUT2D eigenvalue weighted by Crippen LogP contribution is -1.98. The number of nitrogens with zero attached hydrogens (tertiary/aromatic N) is 3. The summed E-state index contributed by atoms with van der Waals surface area (Å²) in [6.45, 7) is 0. The van der Waals surface area contributed by atoms with Crippen LogP contribution in [-0.2, 0) is 0 Å². The fourth-order valence-corrected chi connectivity index (χ4v) is 2.01. The smallest absolute Gasteiger partial charge is 0.239 e. The van der Waals surface area contributed by atoms with Gasteiger partial charge in [0.25, 0.3) is 0 Å². The second-order valence-electron chi connectivity index (χ2n) is 3.67. The highest BCUT2D eigenvalue weighted by Gasteiger charge is 2.13. The highest BCUT2D eigenvalue weighted by molar-refractivity contribution is 9.10. The molecule has 0 spiro atoms. The number of halogens is 1. The minimum atomic E-state index is 0.354. The molecule has 0 unspecified atom stereocenters. The number of anilines is 1. The first-order valence-electron chi connectivity index (χ1n) is 5.63. The number of aromatic nitrogens is 2. The first-order chi connectivity index (χ1) is 9.69. The standard InChI is InChI=1S/C13H11BrN4O2/c1-16-12-11(14)13(18-7-17-12)20-9-4-3-8(6-15)5-10(9)19-2/h3-5,7H,1-2H3,(H,16,17,18). The molecular formula is C13H11BrN4O2. The maximum atomic E-state index is 8.87. The third-order valence-electron chi connectivity index (χ3n) is 2.49. The third kappa shape index (κ3) is 2.81. The van der Waals surface area contributed by atoms with Gasteiger partial charge >= 0.3 is 0 Å². The zero-order valence-electron chi connectivity index (χ0n) is 10.8. The molecular weight excluding hydrogens is 324 g/mol. The Kier molecular flexibility index (Phi) is 4.38. The van der Waals surface area contributed by atoms with Crippen LogP contribution in [0.5, 0.6) is 17.4 Å². The van der Waals surface area contributed by atoms with E-state index in [0.29, 0.717) is 33.2 Å². The van der Waals surface area contributed by atoms with E-state index >= 15 is 0 Å². The van der Waals surface area contributed by atoms with Crippen LogP contribution in [0.1, 0.15) is 5.56 Å². The Morgan fingerprint density at radius 3 is 2.75 bits per heavy atom. The van der Waals surface area contributed by atoms with Crippen molar-refractivity contribution in [2.24, 2.45) is 0 Å². The van der Waals surface area contributed by atoms with Gasteiger partial charge in [0.1, 0.15) is 16.6 Å². The number of hydrogen-bond donors (Lipinski definition) is 1. The molecule has 6 nitrogen and oxygen atoms in total. The molecule has 0 fully saturated rings. The zero-order valence-corrected chi connectivity index (χ0v) is 12.4. The van der Waals surface area contributed by atoms with Crippen LogP contribution >= 0.6 is 15.9 Å². The van der Waals surface area contributed by atoms with E-state index in [1.54, 1.807) is 25.2 Å². The van der Waals surface area contributed by atoms with Crippen molar-refractivity contribution in [2.75, 3.05) is 19.5 Å². The fourth-order valence-electron chi connectivity index (χ4n) is 1.52. The number of hydrogen-bond acceptors (Lipinski definition) is 6. The average Bonchev–Trinajstić information content (AvgIpc) is 2.49. The van der Waals surface area contributed by atoms with E-state index in [4.69, 9.17) is 14.7 Å². The van der Waals surface area contributed by atoms with E-state index in [1.165, 1.54) is 13.4 Å². The summed E-state index contributed by atoms with van der Waals surface area (Å²) in [7, 11) is 3.26. The molecule has 0 bridgehead atoms. The lowest BCUT2D eigenvalue weighted by molar-refractivity contribution is 0.373. The summed E-state index contributed by atoms with van der Waals surface area (Å²) < 4.78 is 11.5. The molecule has 0 amide bonds. The summed E-state index contributed by atoms with van der Waals surface area (Å²) in [6.07, 6.45) is 1.39. The van der Waals surface area contributed by atoms with E-state index < -0.39 is 0 Å². The molecule has 0 atom stereocenters. The number of methoxy groups -OCH3 is 1. The van der Waals surface area contributed by atoms with E-state index in [1.807, 2.05) is 6.07 Å². The second-order valence-corrected chi connectivity index (χ2v) is 4.46. The van der Waals surface area contributed by atoms with Crippen molar-refractivity contribution in [3.8, 4) is 23.4 Å². The molecule has 2 aromatic rings. The van der Waals surface area contributed by atoms with Gasteiger partial charge < -0.3 is 14.8 Å². The molecule has 20 heavy (non-hydrogen) atoms. The van der Waals surface area contributed by atoms with Crippen molar-refractivity contribution in [1.82, 2.24) is 9.97 Å². The Balaban J connectivity index is 2.38. The van der Waals surface area contributed by atoms with Gasteiger partial charge in [-0.15, -0.1) is 0 Å². The Morgan fingerprint density at radius 1 is 1.30 bits per heavy atom. The molecule has 1 N–H and O–H groups in total. The molecule has 1 heterocycles. The van der Waals surface area contributed by atoms with Crippen molar-refractivity contribution in [3.05, 3.63) is 34.6 Å².